The van der Waals surface area contributed by atoms with Gasteiger partial charge in [0.2, 0.25) is 0 Å². The molecule has 0 radical (unpaired) electrons. The van der Waals surface area contributed by atoms with Gasteiger partial charge in [-0.05, 0) is 29.2 Å². The summed E-state index contributed by atoms with van der Waals surface area (Å²) >= 11 is 0. The van der Waals surface area contributed by atoms with Gasteiger partial charge >= 0.3 is 0 Å². The van der Waals surface area contributed by atoms with Gasteiger partial charge < -0.3 is 9.84 Å². The molecule has 1 N–H and O–H groups in total. The van der Waals surface area contributed by atoms with E-state index in [9.17, 15) is 5.11 Å². The standard InChI is InChI=1S/C18H20O2/c1-2-17-11-18(12-19,13-20-17)10-14-7-8-15-5-3-4-6-16(15)9-14/h2-9,17,19H,1,10-13H2/t17-,18+/m0/s1. The zero-order valence-corrected chi connectivity index (χ0v) is 11.6. The smallest absolute Gasteiger partial charge is 0.0760 e. The predicted molar refractivity (Wildman–Crippen MR) is 81.7 cm³/mol. The monoisotopic (exact) mass is 268 g/mol. The molecule has 0 aliphatic carbocycles. The van der Waals surface area contributed by atoms with Gasteiger partial charge in [-0.25, -0.2) is 0 Å². The molecule has 3 rings (SSSR count). The molecule has 2 atom stereocenters. The third kappa shape index (κ3) is 2.49. The fraction of sp³-hybridized carbons (Fsp3) is 0.333. The maximum absolute atomic E-state index is 9.79. The normalized spacial score (nSPS) is 25.9. The number of benzene rings is 2. The van der Waals surface area contributed by atoms with Crippen molar-refractivity contribution in [3.8, 4) is 0 Å². The molecular weight excluding hydrogens is 248 g/mol. The molecule has 0 bridgehead atoms. The number of hydrogen-bond acceptors (Lipinski definition) is 2. The Labute approximate surface area is 119 Å². The van der Waals surface area contributed by atoms with Crippen molar-refractivity contribution in [1.82, 2.24) is 0 Å². The molecule has 2 nitrogen and oxygen atoms in total. The van der Waals surface area contributed by atoms with Crippen LogP contribution in [0.5, 0.6) is 0 Å². The quantitative estimate of drug-likeness (QED) is 0.862. The van der Waals surface area contributed by atoms with Gasteiger partial charge in [-0.15, -0.1) is 6.58 Å². The van der Waals surface area contributed by atoms with Crippen molar-refractivity contribution in [1.29, 1.82) is 0 Å². The van der Waals surface area contributed by atoms with Gasteiger partial charge in [-0.1, -0.05) is 48.5 Å². The second kappa shape index (κ2) is 5.39. The lowest BCUT2D eigenvalue weighted by molar-refractivity contribution is 0.0835. The summed E-state index contributed by atoms with van der Waals surface area (Å²) in [6, 6.07) is 14.9. The highest BCUT2D eigenvalue weighted by Gasteiger charge is 2.38. The van der Waals surface area contributed by atoms with E-state index in [0.717, 1.165) is 12.8 Å². The van der Waals surface area contributed by atoms with E-state index in [1.807, 2.05) is 6.08 Å². The highest BCUT2D eigenvalue weighted by Crippen LogP contribution is 2.36. The maximum atomic E-state index is 9.79. The highest BCUT2D eigenvalue weighted by molar-refractivity contribution is 5.83. The molecule has 0 aromatic heterocycles. The van der Waals surface area contributed by atoms with Crippen LogP contribution in [0, 0.1) is 5.41 Å². The zero-order chi connectivity index (χ0) is 14.0. The minimum absolute atomic E-state index is 0.0719. The van der Waals surface area contributed by atoms with Crippen LogP contribution in [0.15, 0.2) is 55.1 Å². The van der Waals surface area contributed by atoms with E-state index < -0.39 is 0 Å². The Morgan fingerprint density at radius 1 is 1.25 bits per heavy atom. The molecule has 1 saturated heterocycles. The largest absolute Gasteiger partial charge is 0.396 e. The summed E-state index contributed by atoms with van der Waals surface area (Å²) in [5.41, 5.74) is 1.09. The summed E-state index contributed by atoms with van der Waals surface area (Å²) in [6.07, 6.45) is 3.60. The zero-order valence-electron chi connectivity index (χ0n) is 11.6. The van der Waals surface area contributed by atoms with Gasteiger partial charge in [0.15, 0.2) is 0 Å². The Morgan fingerprint density at radius 3 is 2.75 bits per heavy atom. The minimum atomic E-state index is -0.165. The van der Waals surface area contributed by atoms with Gasteiger partial charge in [0, 0.05) is 5.41 Å². The Kier molecular flexibility index (Phi) is 3.60. The van der Waals surface area contributed by atoms with Crippen LogP contribution in [0.2, 0.25) is 0 Å². The Morgan fingerprint density at radius 2 is 2.05 bits per heavy atom. The molecular formula is C18H20O2. The lowest BCUT2D eigenvalue weighted by atomic mass is 9.80. The summed E-state index contributed by atoms with van der Waals surface area (Å²) in [5, 5.41) is 12.3. The molecule has 1 aliphatic heterocycles. The highest BCUT2D eigenvalue weighted by atomic mass is 16.5. The van der Waals surface area contributed by atoms with E-state index in [0.29, 0.717) is 6.61 Å². The van der Waals surface area contributed by atoms with Crippen LogP contribution in [-0.4, -0.2) is 24.4 Å². The van der Waals surface area contributed by atoms with Crippen LogP contribution in [0.3, 0.4) is 0 Å². The van der Waals surface area contributed by atoms with Crippen LogP contribution < -0.4 is 0 Å². The van der Waals surface area contributed by atoms with Gasteiger partial charge in [-0.2, -0.15) is 0 Å². The van der Waals surface area contributed by atoms with Crippen molar-refractivity contribution in [3.05, 3.63) is 60.7 Å². The first-order valence-corrected chi connectivity index (χ1v) is 7.07. The van der Waals surface area contributed by atoms with E-state index in [-0.39, 0.29) is 18.1 Å². The van der Waals surface area contributed by atoms with E-state index in [1.165, 1.54) is 16.3 Å². The topological polar surface area (TPSA) is 29.5 Å². The van der Waals surface area contributed by atoms with Crippen LogP contribution in [0.1, 0.15) is 12.0 Å². The average molecular weight is 268 g/mol. The molecule has 2 heteroatoms. The summed E-state index contributed by atoms with van der Waals surface area (Å²) in [4.78, 5) is 0. The van der Waals surface area contributed by atoms with Crippen molar-refractivity contribution in [2.24, 2.45) is 5.41 Å². The van der Waals surface area contributed by atoms with Crippen LogP contribution in [0.4, 0.5) is 0 Å². The Balaban J connectivity index is 1.86. The third-order valence-electron chi connectivity index (χ3n) is 4.23. The lowest BCUT2D eigenvalue weighted by Gasteiger charge is -2.25. The summed E-state index contributed by atoms with van der Waals surface area (Å²) < 4.78 is 5.69. The van der Waals surface area contributed by atoms with E-state index >= 15 is 0 Å². The molecule has 1 aliphatic rings. The molecule has 0 unspecified atom stereocenters. The van der Waals surface area contributed by atoms with Crippen molar-refractivity contribution in [2.45, 2.75) is 18.9 Å². The Hall–Kier alpha value is -1.64. The van der Waals surface area contributed by atoms with E-state index in [1.54, 1.807) is 0 Å². The number of hydrogen-bond donors (Lipinski definition) is 1. The second-order valence-electron chi connectivity index (χ2n) is 5.81. The molecule has 2 aromatic carbocycles. The van der Waals surface area contributed by atoms with Crippen molar-refractivity contribution in [3.63, 3.8) is 0 Å². The van der Waals surface area contributed by atoms with Crippen LogP contribution in [-0.2, 0) is 11.2 Å². The SMILES string of the molecule is C=C[C@H]1C[C@@](CO)(Cc2ccc3ccccc3c2)CO1. The first-order valence-electron chi connectivity index (χ1n) is 7.07. The number of aliphatic hydroxyl groups excluding tert-OH is 1. The summed E-state index contributed by atoms with van der Waals surface area (Å²) in [5.74, 6) is 0. The number of rotatable bonds is 4. The van der Waals surface area contributed by atoms with E-state index in [2.05, 4.69) is 49.0 Å². The second-order valence-corrected chi connectivity index (χ2v) is 5.81. The molecule has 0 spiro atoms. The number of aliphatic hydroxyl groups is 1. The molecule has 0 saturated carbocycles. The summed E-state index contributed by atoms with van der Waals surface area (Å²) in [7, 11) is 0. The summed E-state index contributed by atoms with van der Waals surface area (Å²) in [6.45, 7) is 4.54. The Bertz CT molecular complexity index is 620. The third-order valence-corrected chi connectivity index (χ3v) is 4.23. The van der Waals surface area contributed by atoms with Crippen molar-refractivity contribution < 1.29 is 9.84 Å². The molecule has 104 valence electrons. The minimum Gasteiger partial charge on any atom is -0.396 e. The van der Waals surface area contributed by atoms with Crippen LogP contribution >= 0.6 is 0 Å². The molecule has 0 amide bonds. The van der Waals surface area contributed by atoms with Crippen molar-refractivity contribution >= 4 is 10.8 Å². The first kappa shape index (κ1) is 13.3. The number of fused-ring (bicyclic) bond motifs is 1. The van der Waals surface area contributed by atoms with Gasteiger partial charge in [0.1, 0.15) is 0 Å². The number of ether oxygens (including phenoxy) is 1. The first-order chi connectivity index (χ1) is 9.74. The van der Waals surface area contributed by atoms with Gasteiger partial charge in [0.05, 0.1) is 19.3 Å². The molecule has 20 heavy (non-hydrogen) atoms. The van der Waals surface area contributed by atoms with E-state index in [4.69, 9.17) is 4.74 Å². The lowest BCUT2D eigenvalue weighted by Crippen LogP contribution is -2.28. The van der Waals surface area contributed by atoms with Crippen molar-refractivity contribution in [2.75, 3.05) is 13.2 Å². The predicted octanol–water partition coefficient (Wildman–Crippen LogP) is 3.34. The van der Waals surface area contributed by atoms with Gasteiger partial charge in [0.25, 0.3) is 0 Å². The molecule has 1 fully saturated rings. The molecule has 2 aromatic rings. The average Bonchev–Trinajstić information content (AvgIpc) is 2.91. The van der Waals surface area contributed by atoms with Crippen LogP contribution in [0.25, 0.3) is 10.8 Å². The maximum Gasteiger partial charge on any atom is 0.0760 e. The fourth-order valence-corrected chi connectivity index (χ4v) is 3.05. The van der Waals surface area contributed by atoms with Gasteiger partial charge in [-0.3, -0.25) is 0 Å². The fourth-order valence-electron chi connectivity index (χ4n) is 3.05. The molecule has 1 heterocycles.